The lowest BCUT2D eigenvalue weighted by Gasteiger charge is -2.58. The second-order valence-corrected chi connectivity index (χ2v) is 9.61. The molecule has 0 aliphatic heterocycles. The highest BCUT2D eigenvalue weighted by Gasteiger charge is 2.59. The van der Waals surface area contributed by atoms with E-state index in [2.05, 4.69) is 19.9 Å². The highest BCUT2D eigenvalue weighted by Crippen LogP contribution is 2.65. The largest absolute Gasteiger partial charge is 0.433 e. The zero-order valence-corrected chi connectivity index (χ0v) is 15.8. The summed E-state index contributed by atoms with van der Waals surface area (Å²) in [6, 6.07) is 0. The van der Waals surface area contributed by atoms with Crippen molar-refractivity contribution in [1.82, 2.24) is 0 Å². The van der Waals surface area contributed by atoms with Gasteiger partial charge in [0.15, 0.2) is 0 Å². The van der Waals surface area contributed by atoms with Crippen LogP contribution in [0.3, 0.4) is 0 Å². The molecule has 0 aromatic rings. The number of aliphatic hydroxyl groups is 2. The highest BCUT2D eigenvalue weighted by molar-refractivity contribution is 5.66. The van der Waals surface area contributed by atoms with Crippen LogP contribution in [0.1, 0.15) is 72.1 Å². The molecule has 4 aliphatic rings. The van der Waals surface area contributed by atoms with E-state index in [0.717, 1.165) is 38.5 Å². The van der Waals surface area contributed by atoms with Crippen LogP contribution in [0.25, 0.3) is 0 Å². The summed E-state index contributed by atoms with van der Waals surface area (Å²) in [7, 11) is 0. The Kier molecular flexibility index (Phi) is 3.90. The fourth-order valence-electron chi connectivity index (χ4n) is 6.95. The summed E-state index contributed by atoms with van der Waals surface area (Å²) < 4.78 is 5.25. The maximum Gasteiger partial charge on any atom is 0.305 e. The van der Waals surface area contributed by atoms with Crippen molar-refractivity contribution in [2.45, 2.75) is 84.0 Å². The Morgan fingerprint density at radius 1 is 1.16 bits per heavy atom. The predicted octanol–water partition coefficient (Wildman–Crippen LogP) is 3.56. The average molecular weight is 348 g/mol. The molecule has 2 unspecified atom stereocenters. The molecule has 3 fully saturated rings. The molecule has 0 aromatic carbocycles. The van der Waals surface area contributed by atoms with E-state index in [1.54, 1.807) is 0 Å². The number of hydrogen-bond donors (Lipinski definition) is 2. The quantitative estimate of drug-likeness (QED) is 0.432. The third-order valence-corrected chi connectivity index (χ3v) is 8.41. The summed E-state index contributed by atoms with van der Waals surface area (Å²) in [5.74, 6) is 0.151. The number of carbonyl (C=O) groups excluding carboxylic acids is 1. The lowest BCUT2D eigenvalue weighted by molar-refractivity contribution is -0.221. The van der Waals surface area contributed by atoms with E-state index < -0.39 is 11.8 Å². The van der Waals surface area contributed by atoms with E-state index in [4.69, 9.17) is 4.74 Å². The summed E-state index contributed by atoms with van der Waals surface area (Å²) in [5.41, 5.74) is 1.48. The van der Waals surface area contributed by atoms with Crippen molar-refractivity contribution in [3.05, 3.63) is 11.6 Å². The SMILES string of the molecule is CC(=O)OC1(O)CC[C@@]2(C)C(=CC[C@@H]3[C@H]2CC[C@]2(C)C(O)CC[C@@H]32)C1. The van der Waals surface area contributed by atoms with Gasteiger partial charge in [-0.3, -0.25) is 4.79 Å². The van der Waals surface area contributed by atoms with Crippen LogP contribution in [0, 0.1) is 28.6 Å². The predicted molar refractivity (Wildman–Crippen MR) is 94.4 cm³/mol. The lowest BCUT2D eigenvalue weighted by atomic mass is 9.47. The van der Waals surface area contributed by atoms with Crippen molar-refractivity contribution < 1.29 is 19.7 Å². The molecule has 0 radical (unpaired) electrons. The van der Waals surface area contributed by atoms with Gasteiger partial charge in [0.1, 0.15) is 0 Å². The molecule has 25 heavy (non-hydrogen) atoms. The first kappa shape index (κ1) is 17.5. The molecule has 0 bridgehead atoms. The maximum absolute atomic E-state index is 11.4. The van der Waals surface area contributed by atoms with Gasteiger partial charge in [-0.15, -0.1) is 0 Å². The third-order valence-electron chi connectivity index (χ3n) is 8.41. The zero-order valence-electron chi connectivity index (χ0n) is 15.8. The molecule has 0 aromatic heterocycles. The van der Waals surface area contributed by atoms with Crippen LogP contribution < -0.4 is 0 Å². The summed E-state index contributed by atoms with van der Waals surface area (Å²) in [4.78, 5) is 11.4. The van der Waals surface area contributed by atoms with Crippen LogP contribution in [0.5, 0.6) is 0 Å². The number of aliphatic hydroxyl groups excluding tert-OH is 1. The topological polar surface area (TPSA) is 66.8 Å². The Morgan fingerprint density at radius 3 is 2.64 bits per heavy atom. The Morgan fingerprint density at radius 2 is 1.92 bits per heavy atom. The molecule has 3 saturated carbocycles. The Labute approximate surface area is 150 Å². The van der Waals surface area contributed by atoms with Crippen LogP contribution in [0.15, 0.2) is 11.6 Å². The van der Waals surface area contributed by atoms with Gasteiger partial charge in [-0.05, 0) is 67.1 Å². The molecular weight excluding hydrogens is 316 g/mol. The van der Waals surface area contributed by atoms with E-state index in [9.17, 15) is 15.0 Å². The van der Waals surface area contributed by atoms with Crippen LogP contribution in [0.2, 0.25) is 0 Å². The number of hydrogen-bond acceptors (Lipinski definition) is 4. The number of fused-ring (bicyclic) bond motifs is 5. The van der Waals surface area contributed by atoms with Crippen molar-refractivity contribution in [2.24, 2.45) is 28.6 Å². The van der Waals surface area contributed by atoms with Gasteiger partial charge in [0, 0.05) is 19.8 Å². The Balaban J connectivity index is 1.61. The first-order chi connectivity index (χ1) is 11.7. The summed E-state index contributed by atoms with van der Waals surface area (Å²) >= 11 is 0. The molecule has 140 valence electrons. The summed E-state index contributed by atoms with van der Waals surface area (Å²) in [6.45, 7) is 6.02. The summed E-state index contributed by atoms with van der Waals surface area (Å²) in [6.07, 6.45) is 9.44. The van der Waals surface area contributed by atoms with Gasteiger partial charge in [0.2, 0.25) is 5.79 Å². The van der Waals surface area contributed by atoms with E-state index in [1.807, 2.05) is 0 Å². The standard InChI is InChI=1S/C21H32O4/c1-13(22)25-21(24)11-10-19(2)14(12-21)4-5-15-16-6-7-18(23)20(16,3)9-8-17(15)19/h4,15-18,23-24H,5-12H2,1-3H3/t15-,16-,17+,18?,19-,20-,21?/m0/s1. The van der Waals surface area contributed by atoms with Gasteiger partial charge in [-0.2, -0.15) is 0 Å². The second kappa shape index (κ2) is 5.56. The molecule has 0 spiro atoms. The van der Waals surface area contributed by atoms with E-state index in [1.165, 1.54) is 12.5 Å². The van der Waals surface area contributed by atoms with Gasteiger partial charge in [0.25, 0.3) is 0 Å². The number of ether oxygens (including phenoxy) is 1. The van der Waals surface area contributed by atoms with E-state index >= 15 is 0 Å². The van der Waals surface area contributed by atoms with Crippen LogP contribution >= 0.6 is 0 Å². The van der Waals surface area contributed by atoms with Crippen molar-refractivity contribution in [1.29, 1.82) is 0 Å². The van der Waals surface area contributed by atoms with Crippen molar-refractivity contribution in [3.8, 4) is 0 Å². The molecular formula is C21H32O4. The van der Waals surface area contributed by atoms with Crippen molar-refractivity contribution in [2.75, 3.05) is 0 Å². The zero-order chi connectivity index (χ0) is 18.0. The molecule has 4 aliphatic carbocycles. The number of esters is 1. The first-order valence-electron chi connectivity index (χ1n) is 9.97. The van der Waals surface area contributed by atoms with Gasteiger partial charge < -0.3 is 14.9 Å². The number of carbonyl (C=O) groups is 1. The lowest BCUT2D eigenvalue weighted by Crippen LogP contribution is -2.53. The van der Waals surface area contributed by atoms with Crippen LogP contribution in [-0.2, 0) is 9.53 Å². The number of rotatable bonds is 1. The average Bonchev–Trinajstić information content (AvgIpc) is 2.83. The first-order valence-corrected chi connectivity index (χ1v) is 9.97. The van der Waals surface area contributed by atoms with Gasteiger partial charge in [-0.1, -0.05) is 25.5 Å². The molecule has 4 rings (SSSR count). The number of allylic oxidation sites excluding steroid dienone is 1. The minimum Gasteiger partial charge on any atom is -0.433 e. The van der Waals surface area contributed by atoms with Crippen molar-refractivity contribution >= 4 is 5.97 Å². The van der Waals surface area contributed by atoms with E-state index in [-0.39, 0.29) is 16.9 Å². The van der Waals surface area contributed by atoms with E-state index in [0.29, 0.717) is 30.6 Å². The fourth-order valence-corrected chi connectivity index (χ4v) is 6.95. The third kappa shape index (κ3) is 2.51. The minimum absolute atomic E-state index is 0.0933. The summed E-state index contributed by atoms with van der Waals surface area (Å²) in [5, 5.41) is 21.2. The van der Waals surface area contributed by atoms with Gasteiger partial charge in [0.05, 0.1) is 6.10 Å². The van der Waals surface area contributed by atoms with Gasteiger partial charge >= 0.3 is 5.97 Å². The van der Waals surface area contributed by atoms with Crippen molar-refractivity contribution in [3.63, 3.8) is 0 Å². The minimum atomic E-state index is -1.32. The maximum atomic E-state index is 11.4. The van der Waals surface area contributed by atoms with Gasteiger partial charge in [-0.25, -0.2) is 0 Å². The molecule has 2 N–H and O–H groups in total. The second-order valence-electron chi connectivity index (χ2n) is 9.61. The van der Waals surface area contributed by atoms with Crippen LogP contribution in [0.4, 0.5) is 0 Å². The monoisotopic (exact) mass is 348 g/mol. The smallest absolute Gasteiger partial charge is 0.305 e. The molecule has 4 heteroatoms. The molecule has 0 saturated heterocycles. The molecule has 7 atom stereocenters. The molecule has 0 amide bonds. The Bertz CT molecular complexity index is 613. The highest BCUT2D eigenvalue weighted by atomic mass is 16.7. The normalized spacial score (nSPS) is 51.8. The molecule has 4 nitrogen and oxygen atoms in total. The van der Waals surface area contributed by atoms with Crippen LogP contribution in [-0.4, -0.2) is 28.1 Å². The Hall–Kier alpha value is -0.870. The fraction of sp³-hybridized carbons (Fsp3) is 0.857. The molecule has 0 heterocycles.